The van der Waals surface area contributed by atoms with Gasteiger partial charge in [-0.2, -0.15) is 0 Å². The fourth-order valence-corrected chi connectivity index (χ4v) is 0. The molecule has 0 heterocycles. The smallest absolute Gasteiger partial charge is 1.00 e. The molecule has 1 N–H and O–H groups in total. The molecular weight excluding hydrogens is 170 g/mol. The van der Waals surface area contributed by atoms with E-state index in [2.05, 4.69) is 0 Å². The van der Waals surface area contributed by atoms with Crippen molar-refractivity contribution in [2.24, 2.45) is 0 Å². The van der Waals surface area contributed by atoms with Crippen LogP contribution in [0.1, 0.15) is 6.92 Å². The summed E-state index contributed by atoms with van der Waals surface area (Å²) in [7, 11) is 0. The molecule has 7 heavy (non-hydrogen) atoms. The van der Waals surface area contributed by atoms with E-state index in [1.807, 2.05) is 0 Å². The summed E-state index contributed by atoms with van der Waals surface area (Å²) >= 11 is -4.41. The zero-order valence-electron chi connectivity index (χ0n) is 4.42. The molecule has 0 spiro atoms. The molecule has 0 aliphatic carbocycles. The molecule has 38 valence electrons. The third-order valence-corrected chi connectivity index (χ3v) is 2.08. The third-order valence-electron chi connectivity index (χ3n) is 0.400. The SMILES string of the molecule is CC[As](=O)([O-])O.[Na+]. The molecule has 0 aliphatic heterocycles. The van der Waals surface area contributed by atoms with E-state index in [0.29, 0.717) is 0 Å². The Labute approximate surface area is 67.4 Å². The fourth-order valence-electron chi connectivity index (χ4n) is 0. The van der Waals surface area contributed by atoms with Crippen molar-refractivity contribution in [3.05, 3.63) is 0 Å². The maximum Gasteiger partial charge on any atom is 1.00 e. The Kier molecular flexibility index (Phi) is 6.65. The van der Waals surface area contributed by atoms with Crippen molar-refractivity contribution in [3.63, 3.8) is 0 Å². The van der Waals surface area contributed by atoms with Crippen LogP contribution >= 0.6 is 0 Å². The Morgan fingerprint density at radius 3 is 2.00 bits per heavy atom. The summed E-state index contributed by atoms with van der Waals surface area (Å²) in [5.41, 5.74) is 0. The van der Waals surface area contributed by atoms with Crippen molar-refractivity contribution in [1.82, 2.24) is 0 Å². The van der Waals surface area contributed by atoms with E-state index in [1.165, 1.54) is 6.92 Å². The van der Waals surface area contributed by atoms with E-state index >= 15 is 0 Å². The van der Waals surface area contributed by atoms with Gasteiger partial charge in [0, 0.05) is 0 Å². The van der Waals surface area contributed by atoms with Crippen LogP contribution in [0, 0.1) is 0 Å². The van der Waals surface area contributed by atoms with Crippen molar-refractivity contribution < 1.29 is 41.5 Å². The summed E-state index contributed by atoms with van der Waals surface area (Å²) in [6.07, 6.45) is 0. The predicted molar refractivity (Wildman–Crippen MR) is 19.1 cm³/mol. The molecule has 0 radical (unpaired) electrons. The van der Waals surface area contributed by atoms with Gasteiger partial charge in [-0.15, -0.1) is 0 Å². The summed E-state index contributed by atoms with van der Waals surface area (Å²) in [5, 5.41) is -0.113. The second kappa shape index (κ2) is 4.19. The van der Waals surface area contributed by atoms with Crippen LogP contribution in [0.3, 0.4) is 0 Å². The molecule has 0 saturated carbocycles. The average molecular weight is 176 g/mol. The Hall–Kier alpha value is 1.28. The first kappa shape index (κ1) is 11.1. The minimum Gasteiger partial charge on any atom is 1.00 e. The summed E-state index contributed by atoms with van der Waals surface area (Å²) in [4.78, 5) is 0. The molecule has 0 amide bonds. The summed E-state index contributed by atoms with van der Waals surface area (Å²) in [6, 6.07) is 0. The maximum atomic E-state index is 9.64. The molecule has 0 saturated heterocycles. The fraction of sp³-hybridized carbons (Fsp3) is 1.00. The normalized spacial score (nSPS) is 17.0. The molecular formula is C2H6AsNaO3. The van der Waals surface area contributed by atoms with Crippen molar-refractivity contribution in [1.29, 1.82) is 0 Å². The van der Waals surface area contributed by atoms with Crippen molar-refractivity contribution in [2.75, 3.05) is 0 Å². The quantitative estimate of drug-likeness (QED) is 0.411. The zero-order valence-corrected chi connectivity index (χ0v) is 8.29. The van der Waals surface area contributed by atoms with Gasteiger partial charge in [-0.25, -0.2) is 0 Å². The zero-order chi connectivity index (χ0) is 5.21. The molecule has 0 aromatic rings. The topological polar surface area (TPSA) is 60.4 Å². The number of hydrogen-bond donors (Lipinski definition) is 1. The van der Waals surface area contributed by atoms with Crippen LogP contribution in [0.25, 0.3) is 0 Å². The second-order valence-electron chi connectivity index (χ2n) is 0.954. The second-order valence-corrected chi connectivity index (χ2v) is 4.96. The van der Waals surface area contributed by atoms with Gasteiger partial charge in [-0.05, 0) is 0 Å². The first-order chi connectivity index (χ1) is 2.56. The third kappa shape index (κ3) is 11.1. The maximum absolute atomic E-state index is 9.64. The van der Waals surface area contributed by atoms with E-state index in [1.54, 1.807) is 0 Å². The molecule has 0 aliphatic rings. The van der Waals surface area contributed by atoms with Crippen molar-refractivity contribution in [3.8, 4) is 0 Å². The molecule has 5 heteroatoms. The van der Waals surface area contributed by atoms with Gasteiger partial charge in [-0.1, -0.05) is 0 Å². The van der Waals surface area contributed by atoms with E-state index in [-0.39, 0.29) is 34.8 Å². The molecule has 0 rings (SSSR count). The van der Waals surface area contributed by atoms with E-state index < -0.39 is 14.2 Å². The van der Waals surface area contributed by atoms with Gasteiger partial charge in [0.1, 0.15) is 0 Å². The molecule has 0 aromatic heterocycles. The van der Waals surface area contributed by atoms with Crippen molar-refractivity contribution in [2.45, 2.75) is 12.1 Å². The van der Waals surface area contributed by atoms with Gasteiger partial charge in [0.2, 0.25) is 0 Å². The largest absolute Gasteiger partial charge is 1.00 e. The summed E-state index contributed by atoms with van der Waals surface area (Å²) in [5.74, 6) is 0. The standard InChI is InChI=1S/C2H7AsO3.Na/c1-2-3(4,5)6;/h2H2,1H3,(H2,4,5,6);/q;+1/p-1. The van der Waals surface area contributed by atoms with Crippen LogP contribution < -0.4 is 33.7 Å². The van der Waals surface area contributed by atoms with Gasteiger partial charge in [0.25, 0.3) is 0 Å². The average Bonchev–Trinajstić information content (AvgIpc) is 1.35. The van der Waals surface area contributed by atoms with Gasteiger partial charge in [-0.3, -0.25) is 0 Å². The first-order valence-electron chi connectivity index (χ1n) is 1.59. The van der Waals surface area contributed by atoms with Crippen LogP contribution in [0.5, 0.6) is 0 Å². The van der Waals surface area contributed by atoms with Crippen molar-refractivity contribution >= 4 is 14.2 Å². The molecule has 1 atom stereocenters. The van der Waals surface area contributed by atoms with Crippen LogP contribution in [-0.4, -0.2) is 18.3 Å². The van der Waals surface area contributed by atoms with Crippen LogP contribution in [0.2, 0.25) is 5.21 Å². The van der Waals surface area contributed by atoms with Gasteiger partial charge < -0.3 is 0 Å². The van der Waals surface area contributed by atoms with E-state index in [9.17, 15) is 7.84 Å². The minimum atomic E-state index is -4.41. The Balaban J connectivity index is 0. The van der Waals surface area contributed by atoms with Crippen LogP contribution in [0.4, 0.5) is 0 Å². The Morgan fingerprint density at radius 2 is 2.00 bits per heavy atom. The molecule has 3 nitrogen and oxygen atoms in total. The van der Waals surface area contributed by atoms with Crippen LogP contribution in [-0.2, 0) is 3.74 Å². The van der Waals surface area contributed by atoms with Gasteiger partial charge in [0.15, 0.2) is 0 Å². The molecule has 0 fully saturated rings. The number of rotatable bonds is 1. The predicted octanol–water partition coefficient (Wildman–Crippen LogP) is -4.27. The van der Waals surface area contributed by atoms with E-state index in [0.717, 1.165) is 0 Å². The Morgan fingerprint density at radius 1 is 1.86 bits per heavy atom. The molecule has 0 aromatic carbocycles. The molecule has 0 bridgehead atoms. The molecule has 1 unspecified atom stereocenters. The van der Waals surface area contributed by atoms with Gasteiger partial charge >= 0.3 is 67.8 Å². The Bertz CT molecular complexity index is 77.0. The minimum absolute atomic E-state index is 0. The van der Waals surface area contributed by atoms with Crippen LogP contribution in [0.15, 0.2) is 0 Å². The number of hydrogen-bond acceptors (Lipinski definition) is 2. The monoisotopic (exact) mass is 176 g/mol. The summed E-state index contributed by atoms with van der Waals surface area (Å²) in [6.45, 7) is 1.41. The van der Waals surface area contributed by atoms with E-state index in [4.69, 9.17) is 4.10 Å². The first-order valence-corrected chi connectivity index (χ1v) is 5.29. The summed E-state index contributed by atoms with van der Waals surface area (Å²) < 4.78 is 27.2. The van der Waals surface area contributed by atoms with Gasteiger partial charge in [0.05, 0.1) is 0 Å².